The number of nitrogens with two attached hydrogens (primary N) is 1. The van der Waals surface area contributed by atoms with Crippen molar-refractivity contribution in [3.8, 4) is 5.75 Å². The van der Waals surface area contributed by atoms with Crippen LogP contribution in [0.15, 0.2) is 48.5 Å². The zero-order chi connectivity index (χ0) is 20.8. The van der Waals surface area contributed by atoms with Crippen LogP contribution in [-0.4, -0.2) is 49.0 Å². The number of carbonyl (C=O) groups is 2. The summed E-state index contributed by atoms with van der Waals surface area (Å²) in [4.78, 5) is 28.8. The number of nitrogens with one attached hydrogen (secondary N) is 1. The van der Waals surface area contributed by atoms with E-state index in [4.69, 9.17) is 10.5 Å². The highest BCUT2D eigenvalue weighted by Gasteiger charge is 2.28. The van der Waals surface area contributed by atoms with Gasteiger partial charge in [0.05, 0.1) is 12.8 Å². The Morgan fingerprint density at radius 2 is 1.86 bits per heavy atom. The third-order valence-corrected chi connectivity index (χ3v) is 5.22. The van der Waals surface area contributed by atoms with Crippen molar-refractivity contribution in [1.29, 1.82) is 0 Å². The Morgan fingerprint density at radius 1 is 1.17 bits per heavy atom. The number of carbonyl (C=O) groups excluding carboxylic acids is 2. The summed E-state index contributed by atoms with van der Waals surface area (Å²) in [5.41, 5.74) is 8.12. The lowest BCUT2D eigenvalue weighted by Gasteiger charge is -2.34. The van der Waals surface area contributed by atoms with Crippen molar-refractivity contribution in [3.63, 3.8) is 0 Å². The highest BCUT2D eigenvalue weighted by atomic mass is 16.5. The summed E-state index contributed by atoms with van der Waals surface area (Å²) < 4.78 is 5.13. The van der Waals surface area contributed by atoms with Crippen LogP contribution >= 0.6 is 0 Å². The number of likely N-dealkylation sites (tertiary alicyclic amines) is 1. The van der Waals surface area contributed by atoms with Gasteiger partial charge in [0.25, 0.3) is 0 Å². The number of hydrogen-bond donors (Lipinski definition) is 2. The second-order valence-electron chi connectivity index (χ2n) is 7.33. The maximum Gasteiger partial charge on any atom is 0.320 e. The SMILES string of the molecule is COc1ccc(NC(=O)C2CCN(C(=O)N(C)Cc3ccccc3)CC2)cc1N. The van der Waals surface area contributed by atoms with Gasteiger partial charge in [-0.3, -0.25) is 4.79 Å². The lowest BCUT2D eigenvalue weighted by atomic mass is 9.96. The molecule has 1 fully saturated rings. The van der Waals surface area contributed by atoms with E-state index in [1.54, 1.807) is 30.2 Å². The fourth-order valence-electron chi connectivity index (χ4n) is 3.56. The first-order valence-electron chi connectivity index (χ1n) is 9.76. The van der Waals surface area contributed by atoms with E-state index in [0.29, 0.717) is 49.6 Å². The van der Waals surface area contributed by atoms with Crippen molar-refractivity contribution in [1.82, 2.24) is 9.80 Å². The van der Waals surface area contributed by atoms with E-state index in [1.807, 2.05) is 42.3 Å². The largest absolute Gasteiger partial charge is 0.495 e. The zero-order valence-corrected chi connectivity index (χ0v) is 16.9. The molecule has 29 heavy (non-hydrogen) atoms. The van der Waals surface area contributed by atoms with Crippen LogP contribution < -0.4 is 15.8 Å². The van der Waals surface area contributed by atoms with E-state index >= 15 is 0 Å². The topological polar surface area (TPSA) is 87.9 Å². The molecule has 0 atom stereocenters. The van der Waals surface area contributed by atoms with Crippen molar-refractivity contribution in [2.45, 2.75) is 19.4 Å². The minimum Gasteiger partial charge on any atom is -0.495 e. The van der Waals surface area contributed by atoms with Crippen LogP contribution in [0.1, 0.15) is 18.4 Å². The molecule has 0 radical (unpaired) electrons. The summed E-state index contributed by atoms with van der Waals surface area (Å²) >= 11 is 0. The number of hydrogen-bond acceptors (Lipinski definition) is 4. The third kappa shape index (κ3) is 5.19. The summed E-state index contributed by atoms with van der Waals surface area (Å²) in [5, 5.41) is 2.91. The minimum absolute atomic E-state index is 0.00404. The molecule has 1 heterocycles. The molecule has 1 aliphatic rings. The summed E-state index contributed by atoms with van der Waals surface area (Å²) in [7, 11) is 3.36. The summed E-state index contributed by atoms with van der Waals surface area (Å²) in [5.74, 6) is 0.413. The van der Waals surface area contributed by atoms with Gasteiger partial charge in [-0.05, 0) is 36.6 Å². The Balaban J connectivity index is 1.49. The normalized spacial score (nSPS) is 14.3. The van der Waals surface area contributed by atoms with Crippen LogP contribution in [0.25, 0.3) is 0 Å². The van der Waals surface area contributed by atoms with E-state index in [-0.39, 0.29) is 17.9 Å². The molecule has 7 heteroatoms. The van der Waals surface area contributed by atoms with Gasteiger partial charge in [-0.2, -0.15) is 0 Å². The van der Waals surface area contributed by atoms with Gasteiger partial charge in [-0.1, -0.05) is 30.3 Å². The first kappa shape index (κ1) is 20.5. The average molecular weight is 396 g/mol. The van der Waals surface area contributed by atoms with Gasteiger partial charge in [0.2, 0.25) is 5.91 Å². The number of ether oxygens (including phenoxy) is 1. The van der Waals surface area contributed by atoms with Crippen LogP contribution in [-0.2, 0) is 11.3 Å². The lowest BCUT2D eigenvalue weighted by molar-refractivity contribution is -0.121. The van der Waals surface area contributed by atoms with Crippen molar-refractivity contribution in [3.05, 3.63) is 54.1 Å². The second-order valence-corrected chi connectivity index (χ2v) is 7.33. The molecular weight excluding hydrogens is 368 g/mol. The summed E-state index contributed by atoms with van der Waals surface area (Å²) in [6, 6.07) is 15.1. The molecule has 1 saturated heterocycles. The number of rotatable bonds is 5. The van der Waals surface area contributed by atoms with Crippen LogP contribution in [0.4, 0.5) is 16.2 Å². The van der Waals surface area contributed by atoms with E-state index in [9.17, 15) is 9.59 Å². The number of nitrogens with zero attached hydrogens (tertiary/aromatic N) is 2. The van der Waals surface area contributed by atoms with E-state index < -0.39 is 0 Å². The maximum atomic E-state index is 12.7. The zero-order valence-electron chi connectivity index (χ0n) is 16.9. The van der Waals surface area contributed by atoms with Crippen LogP contribution in [0.5, 0.6) is 5.75 Å². The highest BCUT2D eigenvalue weighted by Crippen LogP contribution is 2.26. The number of methoxy groups -OCH3 is 1. The van der Waals surface area contributed by atoms with Crippen molar-refractivity contribution >= 4 is 23.3 Å². The monoisotopic (exact) mass is 396 g/mol. The molecule has 154 valence electrons. The van der Waals surface area contributed by atoms with Gasteiger partial charge in [-0.15, -0.1) is 0 Å². The third-order valence-electron chi connectivity index (χ3n) is 5.22. The number of urea groups is 1. The Kier molecular flexibility index (Phi) is 6.59. The summed E-state index contributed by atoms with van der Waals surface area (Å²) in [6.07, 6.45) is 1.28. The molecule has 3 N–H and O–H groups in total. The smallest absolute Gasteiger partial charge is 0.320 e. The molecule has 3 amide bonds. The predicted octanol–water partition coefficient (Wildman–Crippen LogP) is 3.18. The van der Waals surface area contributed by atoms with Gasteiger partial charge in [0, 0.05) is 38.3 Å². The number of piperidine rings is 1. The molecule has 7 nitrogen and oxygen atoms in total. The minimum atomic E-state index is -0.123. The predicted molar refractivity (Wildman–Crippen MR) is 114 cm³/mol. The molecule has 3 rings (SSSR count). The average Bonchev–Trinajstić information content (AvgIpc) is 2.74. The Labute approximate surface area is 171 Å². The van der Waals surface area contributed by atoms with Gasteiger partial charge < -0.3 is 25.6 Å². The Bertz CT molecular complexity index is 848. The number of nitrogen functional groups attached to an aromatic ring is 1. The highest BCUT2D eigenvalue weighted by molar-refractivity contribution is 5.93. The summed E-state index contributed by atoms with van der Waals surface area (Å²) in [6.45, 7) is 1.71. The fraction of sp³-hybridized carbons (Fsp3) is 0.364. The van der Waals surface area contributed by atoms with E-state index in [0.717, 1.165) is 5.56 Å². The molecule has 2 aromatic rings. The van der Waals surface area contributed by atoms with Gasteiger partial charge in [0.15, 0.2) is 0 Å². The first-order valence-corrected chi connectivity index (χ1v) is 9.76. The van der Waals surface area contributed by atoms with Crippen molar-refractivity contribution in [2.24, 2.45) is 5.92 Å². The van der Waals surface area contributed by atoms with Gasteiger partial charge in [0.1, 0.15) is 5.75 Å². The molecule has 0 unspecified atom stereocenters. The van der Waals surface area contributed by atoms with Gasteiger partial charge in [-0.25, -0.2) is 4.79 Å². The molecule has 1 aliphatic heterocycles. The quantitative estimate of drug-likeness (QED) is 0.760. The van der Waals surface area contributed by atoms with Crippen molar-refractivity contribution in [2.75, 3.05) is 38.3 Å². The number of benzene rings is 2. The first-order chi connectivity index (χ1) is 14.0. The molecule has 0 saturated carbocycles. The van der Waals surface area contributed by atoms with Gasteiger partial charge >= 0.3 is 6.03 Å². The number of amides is 3. The molecule has 0 aromatic heterocycles. The van der Waals surface area contributed by atoms with Crippen LogP contribution in [0.3, 0.4) is 0 Å². The van der Waals surface area contributed by atoms with Crippen molar-refractivity contribution < 1.29 is 14.3 Å². The number of anilines is 2. The van der Waals surface area contributed by atoms with Crippen LogP contribution in [0, 0.1) is 5.92 Å². The second kappa shape index (κ2) is 9.32. The Morgan fingerprint density at radius 3 is 2.48 bits per heavy atom. The Hall–Kier alpha value is -3.22. The molecule has 0 aliphatic carbocycles. The lowest BCUT2D eigenvalue weighted by Crippen LogP contribution is -2.46. The molecular formula is C22H28N4O3. The van der Waals surface area contributed by atoms with E-state index in [2.05, 4.69) is 5.32 Å². The fourth-order valence-corrected chi connectivity index (χ4v) is 3.56. The van der Waals surface area contributed by atoms with E-state index in [1.165, 1.54) is 0 Å². The standard InChI is InChI=1S/C22H28N4O3/c1-25(15-16-6-4-3-5-7-16)22(28)26-12-10-17(11-13-26)21(27)24-18-8-9-20(29-2)19(23)14-18/h3-9,14,17H,10-13,15,23H2,1-2H3,(H,24,27). The van der Waals surface area contributed by atoms with Crippen LogP contribution in [0.2, 0.25) is 0 Å². The molecule has 0 bridgehead atoms. The molecule has 0 spiro atoms. The molecule has 2 aromatic carbocycles. The maximum absolute atomic E-state index is 12.7.